The van der Waals surface area contributed by atoms with E-state index in [1.165, 1.54) is 12.8 Å². The van der Waals surface area contributed by atoms with Crippen LogP contribution in [0.3, 0.4) is 0 Å². The molecule has 0 spiro atoms. The van der Waals surface area contributed by atoms with Crippen molar-refractivity contribution in [1.82, 2.24) is 15.1 Å². The highest BCUT2D eigenvalue weighted by Gasteiger charge is 2.28. The van der Waals surface area contributed by atoms with Gasteiger partial charge in [-0.1, -0.05) is 0 Å². The monoisotopic (exact) mass is 317 g/mol. The van der Waals surface area contributed by atoms with Crippen LogP contribution >= 0.6 is 0 Å². The van der Waals surface area contributed by atoms with Crippen LogP contribution in [-0.4, -0.2) is 60.3 Å². The van der Waals surface area contributed by atoms with E-state index in [0.29, 0.717) is 11.8 Å². The Kier molecular flexibility index (Phi) is 4.98. The molecule has 0 unspecified atom stereocenters. The van der Waals surface area contributed by atoms with Crippen LogP contribution < -0.4 is 9.80 Å². The van der Waals surface area contributed by atoms with Crippen molar-refractivity contribution < 1.29 is 4.79 Å². The number of hydrogen-bond donors (Lipinski definition) is 0. The molecule has 0 N–H and O–H groups in total. The fourth-order valence-electron chi connectivity index (χ4n) is 3.09. The topological polar surface area (TPSA) is 52.6 Å². The Morgan fingerprint density at radius 3 is 2.35 bits per heavy atom. The zero-order chi connectivity index (χ0) is 16.2. The van der Waals surface area contributed by atoms with E-state index in [-0.39, 0.29) is 0 Å². The smallest absolute Gasteiger partial charge is 0.222 e. The normalized spacial score (nSPS) is 18.2. The average Bonchev–Trinajstić information content (AvgIpc) is 3.41. The minimum Gasteiger partial charge on any atom is -0.356 e. The zero-order valence-electron chi connectivity index (χ0n) is 14.2. The minimum absolute atomic E-state index is 0.329. The van der Waals surface area contributed by atoms with Crippen molar-refractivity contribution in [2.24, 2.45) is 5.92 Å². The Morgan fingerprint density at radius 2 is 1.83 bits per heavy atom. The Bertz CT molecular complexity index is 516. The first-order valence-corrected chi connectivity index (χ1v) is 8.82. The van der Waals surface area contributed by atoms with Crippen LogP contribution in [0.2, 0.25) is 0 Å². The van der Waals surface area contributed by atoms with E-state index in [1.54, 1.807) is 0 Å². The van der Waals surface area contributed by atoms with Crippen LogP contribution in [0.1, 0.15) is 33.1 Å². The Morgan fingerprint density at radius 1 is 1.13 bits per heavy atom. The highest BCUT2D eigenvalue weighted by atomic mass is 16.2. The number of carbonyl (C=O) groups excluding carboxylic acids is 1. The number of hydrogen-bond acceptors (Lipinski definition) is 5. The first-order chi connectivity index (χ1) is 11.2. The number of rotatable bonds is 6. The summed E-state index contributed by atoms with van der Waals surface area (Å²) in [5.41, 5.74) is 0. The highest BCUT2D eigenvalue weighted by molar-refractivity contribution is 5.77. The standard InChI is InChI=1S/C17H27N5O/c1-3-20(4-2)15-7-8-16(19-18-15)21-9-11-22(12-10-21)17(23)13-14-5-6-14/h7-8,14H,3-6,9-13H2,1-2H3. The number of anilines is 2. The summed E-state index contributed by atoms with van der Waals surface area (Å²) in [6.07, 6.45) is 3.22. The summed E-state index contributed by atoms with van der Waals surface area (Å²) in [6, 6.07) is 4.09. The molecule has 2 heterocycles. The molecule has 2 aliphatic rings. The van der Waals surface area contributed by atoms with Gasteiger partial charge in [-0.25, -0.2) is 0 Å². The van der Waals surface area contributed by atoms with Crippen molar-refractivity contribution >= 4 is 17.5 Å². The van der Waals surface area contributed by atoms with Crippen LogP contribution in [0.5, 0.6) is 0 Å². The van der Waals surface area contributed by atoms with Gasteiger partial charge in [-0.05, 0) is 44.7 Å². The molecule has 0 atom stereocenters. The predicted molar refractivity (Wildman–Crippen MR) is 91.7 cm³/mol. The van der Waals surface area contributed by atoms with Crippen molar-refractivity contribution in [1.29, 1.82) is 0 Å². The highest BCUT2D eigenvalue weighted by Crippen LogP contribution is 2.33. The third-order valence-corrected chi connectivity index (χ3v) is 4.84. The van der Waals surface area contributed by atoms with E-state index in [0.717, 1.165) is 57.3 Å². The molecular formula is C17H27N5O. The summed E-state index contributed by atoms with van der Waals surface area (Å²) in [5.74, 6) is 2.83. The van der Waals surface area contributed by atoms with E-state index in [9.17, 15) is 4.79 Å². The van der Waals surface area contributed by atoms with E-state index in [2.05, 4.69) is 33.8 Å². The molecule has 6 nitrogen and oxygen atoms in total. The molecule has 1 saturated heterocycles. The molecule has 1 aromatic rings. The molecule has 1 saturated carbocycles. The van der Waals surface area contributed by atoms with Gasteiger partial charge in [0, 0.05) is 45.7 Å². The molecule has 0 aromatic carbocycles. The van der Waals surface area contributed by atoms with Crippen LogP contribution in [0, 0.1) is 5.92 Å². The van der Waals surface area contributed by atoms with Crippen molar-refractivity contribution in [2.75, 3.05) is 49.1 Å². The second kappa shape index (κ2) is 7.15. The third kappa shape index (κ3) is 3.92. The van der Waals surface area contributed by atoms with Gasteiger partial charge in [0.2, 0.25) is 5.91 Å². The summed E-state index contributed by atoms with van der Waals surface area (Å²) in [7, 11) is 0. The fourth-order valence-corrected chi connectivity index (χ4v) is 3.09. The van der Waals surface area contributed by atoms with E-state index < -0.39 is 0 Å². The maximum atomic E-state index is 12.2. The Balaban J connectivity index is 1.53. The van der Waals surface area contributed by atoms with Gasteiger partial charge in [0.1, 0.15) is 0 Å². The first-order valence-electron chi connectivity index (χ1n) is 8.82. The predicted octanol–water partition coefficient (Wildman–Crippen LogP) is 1.77. The minimum atomic E-state index is 0.329. The maximum absolute atomic E-state index is 12.2. The summed E-state index contributed by atoms with van der Waals surface area (Å²) >= 11 is 0. The molecule has 0 radical (unpaired) electrons. The largest absolute Gasteiger partial charge is 0.356 e. The molecule has 0 bridgehead atoms. The average molecular weight is 317 g/mol. The lowest BCUT2D eigenvalue weighted by Crippen LogP contribution is -2.49. The van der Waals surface area contributed by atoms with Gasteiger partial charge in [0.05, 0.1) is 0 Å². The molecular weight excluding hydrogens is 290 g/mol. The number of aromatic nitrogens is 2. The summed E-state index contributed by atoms with van der Waals surface area (Å²) in [5, 5.41) is 8.73. The molecule has 1 aliphatic carbocycles. The molecule has 3 rings (SSSR count). The van der Waals surface area contributed by atoms with Gasteiger partial charge in [-0.2, -0.15) is 0 Å². The second-order valence-electron chi connectivity index (χ2n) is 6.44. The Labute approximate surface area is 138 Å². The third-order valence-electron chi connectivity index (χ3n) is 4.84. The van der Waals surface area contributed by atoms with Crippen molar-refractivity contribution in [3.05, 3.63) is 12.1 Å². The lowest BCUT2D eigenvalue weighted by molar-refractivity contribution is -0.131. The van der Waals surface area contributed by atoms with Gasteiger partial charge >= 0.3 is 0 Å². The summed E-state index contributed by atoms with van der Waals surface area (Å²) in [6.45, 7) is 9.40. The maximum Gasteiger partial charge on any atom is 0.222 e. The SMILES string of the molecule is CCN(CC)c1ccc(N2CCN(C(=O)CC3CC3)CC2)nn1. The molecule has 23 heavy (non-hydrogen) atoms. The van der Waals surface area contributed by atoms with E-state index in [1.807, 2.05) is 17.0 Å². The lowest BCUT2D eigenvalue weighted by Gasteiger charge is -2.35. The van der Waals surface area contributed by atoms with Gasteiger partial charge < -0.3 is 14.7 Å². The van der Waals surface area contributed by atoms with Crippen molar-refractivity contribution in [3.8, 4) is 0 Å². The first kappa shape index (κ1) is 16.0. The molecule has 1 aliphatic heterocycles. The summed E-state index contributed by atoms with van der Waals surface area (Å²) < 4.78 is 0. The molecule has 126 valence electrons. The molecule has 1 amide bonds. The molecule has 2 fully saturated rings. The number of piperazine rings is 1. The van der Waals surface area contributed by atoms with Crippen molar-refractivity contribution in [3.63, 3.8) is 0 Å². The van der Waals surface area contributed by atoms with Gasteiger partial charge in [-0.3, -0.25) is 4.79 Å². The summed E-state index contributed by atoms with van der Waals surface area (Å²) in [4.78, 5) is 18.6. The van der Waals surface area contributed by atoms with Gasteiger partial charge in [0.25, 0.3) is 0 Å². The van der Waals surface area contributed by atoms with Crippen LogP contribution in [-0.2, 0) is 4.79 Å². The molecule has 6 heteroatoms. The fraction of sp³-hybridized carbons (Fsp3) is 0.706. The van der Waals surface area contributed by atoms with Crippen LogP contribution in [0.15, 0.2) is 12.1 Å². The van der Waals surface area contributed by atoms with Crippen LogP contribution in [0.4, 0.5) is 11.6 Å². The molecule has 1 aromatic heterocycles. The Hall–Kier alpha value is -1.85. The lowest BCUT2D eigenvalue weighted by atomic mass is 10.2. The zero-order valence-corrected chi connectivity index (χ0v) is 14.2. The van der Waals surface area contributed by atoms with Crippen LogP contribution in [0.25, 0.3) is 0 Å². The number of amides is 1. The van der Waals surface area contributed by atoms with Gasteiger partial charge in [0.15, 0.2) is 11.6 Å². The number of carbonyl (C=O) groups is 1. The number of nitrogens with zero attached hydrogens (tertiary/aromatic N) is 5. The van der Waals surface area contributed by atoms with E-state index in [4.69, 9.17) is 0 Å². The van der Waals surface area contributed by atoms with Gasteiger partial charge in [-0.15, -0.1) is 10.2 Å². The van der Waals surface area contributed by atoms with Crippen molar-refractivity contribution in [2.45, 2.75) is 33.1 Å². The second-order valence-corrected chi connectivity index (χ2v) is 6.44. The quantitative estimate of drug-likeness (QED) is 0.800. The van der Waals surface area contributed by atoms with E-state index >= 15 is 0 Å².